The molecule has 0 amide bonds. The first-order chi connectivity index (χ1) is 10.6. The lowest BCUT2D eigenvalue weighted by molar-refractivity contribution is 0.106. The molecule has 0 unspecified atom stereocenters. The van der Waals surface area contributed by atoms with Gasteiger partial charge in [-0.15, -0.1) is 0 Å². The molecule has 1 N–H and O–H groups in total. The number of rotatable bonds is 4. The Morgan fingerprint density at radius 2 is 1.45 bits per heavy atom. The molecule has 2 aromatic carbocycles. The summed E-state index contributed by atoms with van der Waals surface area (Å²) < 4.78 is 0. The van der Waals surface area contributed by atoms with Crippen LogP contribution in [-0.2, 0) is 0 Å². The van der Waals surface area contributed by atoms with Gasteiger partial charge in [0, 0.05) is 25.2 Å². The largest absolute Gasteiger partial charge is 0.354 e. The van der Waals surface area contributed by atoms with Crippen molar-refractivity contribution in [2.24, 2.45) is 5.10 Å². The number of hydrogen-bond acceptors (Lipinski definition) is 3. The minimum absolute atomic E-state index is 0.152. The molecular formula is C17H17N3OS. The van der Waals surface area contributed by atoms with E-state index in [4.69, 9.17) is 12.2 Å². The van der Waals surface area contributed by atoms with E-state index in [9.17, 15) is 4.79 Å². The molecule has 0 aliphatic rings. The van der Waals surface area contributed by atoms with Gasteiger partial charge in [-0.2, -0.15) is 5.10 Å². The minimum atomic E-state index is -0.152. The maximum atomic E-state index is 12.7. The third kappa shape index (κ3) is 3.99. The molecule has 0 spiro atoms. The van der Waals surface area contributed by atoms with Crippen LogP contribution in [0, 0.1) is 0 Å². The SMILES string of the molecule is CN(C)C(=S)N/N=C(/C(=O)c1ccccc1)c1ccccc1. The smallest absolute Gasteiger partial charge is 0.213 e. The molecule has 0 atom stereocenters. The number of carbonyl (C=O) groups is 1. The third-order valence-corrected chi connectivity index (χ3v) is 3.42. The van der Waals surface area contributed by atoms with Crippen molar-refractivity contribution in [3.05, 3.63) is 71.8 Å². The lowest BCUT2D eigenvalue weighted by Crippen LogP contribution is -2.32. The first-order valence-electron chi connectivity index (χ1n) is 6.79. The summed E-state index contributed by atoms with van der Waals surface area (Å²) in [5, 5.41) is 4.66. The molecule has 22 heavy (non-hydrogen) atoms. The quantitative estimate of drug-likeness (QED) is 0.408. The summed E-state index contributed by atoms with van der Waals surface area (Å²) in [5.41, 5.74) is 4.41. The van der Waals surface area contributed by atoms with Gasteiger partial charge >= 0.3 is 0 Å². The number of Topliss-reactive ketones (excluding diaryl/α,β-unsaturated/α-hetero) is 1. The van der Waals surface area contributed by atoms with Crippen LogP contribution in [0.15, 0.2) is 65.8 Å². The molecule has 5 heteroatoms. The Morgan fingerprint density at radius 3 is 1.95 bits per heavy atom. The van der Waals surface area contributed by atoms with E-state index in [2.05, 4.69) is 10.5 Å². The number of ketones is 1. The summed E-state index contributed by atoms with van der Waals surface area (Å²) in [5.74, 6) is -0.152. The molecule has 0 heterocycles. The van der Waals surface area contributed by atoms with Crippen LogP contribution in [-0.4, -0.2) is 35.6 Å². The maximum Gasteiger partial charge on any atom is 0.213 e. The van der Waals surface area contributed by atoms with Gasteiger partial charge in [-0.3, -0.25) is 10.2 Å². The molecule has 0 aliphatic heterocycles. The van der Waals surface area contributed by atoms with Crippen molar-refractivity contribution in [2.75, 3.05) is 14.1 Å². The third-order valence-electron chi connectivity index (χ3n) is 2.97. The summed E-state index contributed by atoms with van der Waals surface area (Å²) in [7, 11) is 3.62. The molecule has 0 saturated carbocycles. The fraction of sp³-hybridized carbons (Fsp3) is 0.118. The van der Waals surface area contributed by atoms with Crippen LogP contribution in [0.2, 0.25) is 0 Å². The van der Waals surface area contributed by atoms with E-state index in [0.29, 0.717) is 16.4 Å². The van der Waals surface area contributed by atoms with Gasteiger partial charge in [0.15, 0.2) is 5.11 Å². The molecule has 0 saturated heterocycles. The summed E-state index contributed by atoms with van der Waals surface area (Å²) in [6, 6.07) is 18.4. The van der Waals surface area contributed by atoms with Crippen LogP contribution in [0.1, 0.15) is 15.9 Å². The van der Waals surface area contributed by atoms with Gasteiger partial charge < -0.3 is 4.90 Å². The normalized spacial score (nSPS) is 10.9. The molecular weight excluding hydrogens is 294 g/mol. The second-order valence-electron chi connectivity index (χ2n) is 4.83. The molecule has 4 nitrogen and oxygen atoms in total. The number of hydrazone groups is 1. The van der Waals surface area contributed by atoms with Crippen molar-refractivity contribution in [1.29, 1.82) is 0 Å². The van der Waals surface area contributed by atoms with Crippen molar-refractivity contribution in [3.63, 3.8) is 0 Å². The number of nitrogens with one attached hydrogen (secondary N) is 1. The fourth-order valence-electron chi connectivity index (χ4n) is 1.77. The first kappa shape index (κ1) is 15.9. The Labute approximate surface area is 135 Å². The van der Waals surface area contributed by atoms with Gasteiger partial charge in [0.05, 0.1) is 0 Å². The zero-order chi connectivity index (χ0) is 15.9. The second-order valence-corrected chi connectivity index (χ2v) is 5.22. The van der Waals surface area contributed by atoms with E-state index >= 15 is 0 Å². The Hall–Kier alpha value is -2.53. The van der Waals surface area contributed by atoms with Gasteiger partial charge in [0.2, 0.25) is 5.78 Å². The van der Waals surface area contributed by atoms with Crippen molar-refractivity contribution < 1.29 is 4.79 Å². The van der Waals surface area contributed by atoms with Crippen LogP contribution in [0.3, 0.4) is 0 Å². The van der Waals surface area contributed by atoms with Crippen molar-refractivity contribution in [2.45, 2.75) is 0 Å². The molecule has 0 bridgehead atoms. The van der Waals surface area contributed by atoms with E-state index < -0.39 is 0 Å². The molecule has 0 radical (unpaired) electrons. The van der Waals surface area contributed by atoms with E-state index in [1.54, 1.807) is 17.0 Å². The highest BCUT2D eigenvalue weighted by Crippen LogP contribution is 2.08. The maximum absolute atomic E-state index is 12.7. The number of nitrogens with zero attached hydrogens (tertiary/aromatic N) is 2. The van der Waals surface area contributed by atoms with E-state index in [1.807, 2.05) is 62.6 Å². The Kier molecular flexibility index (Phi) is 5.38. The highest BCUT2D eigenvalue weighted by molar-refractivity contribution is 7.80. The topological polar surface area (TPSA) is 44.7 Å². The highest BCUT2D eigenvalue weighted by Gasteiger charge is 2.16. The van der Waals surface area contributed by atoms with Gasteiger partial charge in [-0.25, -0.2) is 0 Å². The molecule has 0 aliphatic carbocycles. The molecule has 0 aromatic heterocycles. The van der Waals surface area contributed by atoms with Crippen LogP contribution < -0.4 is 5.43 Å². The van der Waals surface area contributed by atoms with E-state index in [0.717, 1.165) is 5.56 Å². The monoisotopic (exact) mass is 311 g/mol. The number of carbonyl (C=O) groups excluding carboxylic acids is 1. The summed E-state index contributed by atoms with van der Waals surface area (Å²) in [4.78, 5) is 14.4. The van der Waals surface area contributed by atoms with Crippen molar-refractivity contribution >= 4 is 28.8 Å². The average Bonchev–Trinajstić information content (AvgIpc) is 2.56. The lowest BCUT2D eigenvalue weighted by atomic mass is 10.0. The van der Waals surface area contributed by atoms with Crippen LogP contribution >= 0.6 is 12.2 Å². The first-order valence-corrected chi connectivity index (χ1v) is 7.20. The average molecular weight is 311 g/mol. The van der Waals surface area contributed by atoms with Gasteiger partial charge in [0.1, 0.15) is 5.71 Å². The predicted octanol–water partition coefficient (Wildman–Crippen LogP) is 2.71. The molecule has 2 rings (SSSR count). The minimum Gasteiger partial charge on any atom is -0.354 e. The van der Waals surface area contributed by atoms with E-state index in [-0.39, 0.29) is 5.78 Å². The Bertz CT molecular complexity index is 682. The second kappa shape index (κ2) is 7.47. The lowest BCUT2D eigenvalue weighted by Gasteiger charge is -2.13. The fourth-order valence-corrected chi connectivity index (χ4v) is 1.82. The van der Waals surface area contributed by atoms with Gasteiger partial charge in [-0.1, -0.05) is 60.7 Å². The van der Waals surface area contributed by atoms with Crippen molar-refractivity contribution in [3.8, 4) is 0 Å². The van der Waals surface area contributed by atoms with Crippen LogP contribution in [0.4, 0.5) is 0 Å². The Balaban J connectivity index is 2.36. The number of thiocarbonyl (C=S) groups is 1. The van der Waals surface area contributed by atoms with Crippen molar-refractivity contribution in [1.82, 2.24) is 10.3 Å². The molecule has 0 fully saturated rings. The summed E-state index contributed by atoms with van der Waals surface area (Å²) >= 11 is 5.15. The van der Waals surface area contributed by atoms with Crippen LogP contribution in [0.25, 0.3) is 0 Å². The zero-order valence-electron chi connectivity index (χ0n) is 12.5. The van der Waals surface area contributed by atoms with Crippen LogP contribution in [0.5, 0.6) is 0 Å². The van der Waals surface area contributed by atoms with Gasteiger partial charge in [0.25, 0.3) is 0 Å². The zero-order valence-corrected chi connectivity index (χ0v) is 13.3. The predicted molar refractivity (Wildman–Crippen MR) is 93.2 cm³/mol. The summed E-state index contributed by atoms with van der Waals surface area (Å²) in [6.07, 6.45) is 0. The molecule has 2 aromatic rings. The summed E-state index contributed by atoms with van der Waals surface area (Å²) in [6.45, 7) is 0. The number of hydrogen-bond donors (Lipinski definition) is 1. The standard InChI is InChI=1S/C17H17N3OS/c1-20(2)17(22)19-18-15(13-9-5-3-6-10-13)16(21)14-11-7-4-8-12-14/h3-12H,1-2H3,(H,19,22)/b18-15+. The Morgan fingerprint density at radius 1 is 0.955 bits per heavy atom. The van der Waals surface area contributed by atoms with E-state index in [1.165, 1.54) is 0 Å². The van der Waals surface area contributed by atoms with Gasteiger partial charge in [-0.05, 0) is 12.2 Å². The highest BCUT2D eigenvalue weighted by atomic mass is 32.1. The number of benzene rings is 2. The molecule has 112 valence electrons.